The van der Waals surface area contributed by atoms with E-state index in [9.17, 15) is 14.0 Å². The lowest BCUT2D eigenvalue weighted by Gasteiger charge is -2.33. The highest BCUT2D eigenvalue weighted by Crippen LogP contribution is 2.20. The van der Waals surface area contributed by atoms with Crippen LogP contribution in [0.1, 0.15) is 12.5 Å². The molecule has 1 aliphatic rings. The topological polar surface area (TPSA) is 74.4 Å². The molecule has 1 aliphatic heterocycles. The number of hydrogen-bond acceptors (Lipinski definition) is 3. The van der Waals surface area contributed by atoms with E-state index in [0.29, 0.717) is 31.8 Å². The second kappa shape index (κ2) is 7.00. The van der Waals surface area contributed by atoms with Crippen LogP contribution in [0.2, 0.25) is 0 Å². The van der Waals surface area contributed by atoms with Gasteiger partial charge in [0.25, 0.3) is 0 Å². The first-order chi connectivity index (χ1) is 11.5. The number of halogens is 1. The molecule has 0 aliphatic carbocycles. The molecule has 2 heterocycles. The minimum atomic E-state index is -0.309. The summed E-state index contributed by atoms with van der Waals surface area (Å²) in [6.45, 7) is 3.29. The highest BCUT2D eigenvalue weighted by atomic mass is 19.1. The molecule has 0 spiro atoms. The second-order valence-electron chi connectivity index (χ2n) is 5.95. The summed E-state index contributed by atoms with van der Waals surface area (Å²) < 4.78 is 18.8. The van der Waals surface area contributed by atoms with E-state index >= 15 is 0 Å². The van der Waals surface area contributed by atoms with E-state index in [1.807, 2.05) is 0 Å². The fraction of sp³-hybridized carbons (Fsp3) is 0.412. The van der Waals surface area contributed by atoms with E-state index in [1.54, 1.807) is 17.2 Å². The molecule has 3 rings (SSSR count). The SMILES string of the molecule is CC(=O)NC[C@@H]1CN(C(=O)Cc2c[nH]c3cc(F)ccc23)CCO1. The predicted octanol–water partition coefficient (Wildman–Crippen LogP) is 1.21. The number of carbonyl (C=O) groups is 2. The Labute approximate surface area is 139 Å². The molecule has 2 aromatic rings. The highest BCUT2D eigenvalue weighted by molar-refractivity contribution is 5.89. The molecule has 1 saturated heterocycles. The molecule has 7 heteroatoms. The van der Waals surface area contributed by atoms with Gasteiger partial charge < -0.3 is 19.9 Å². The zero-order valence-electron chi connectivity index (χ0n) is 13.5. The zero-order valence-corrected chi connectivity index (χ0v) is 13.5. The summed E-state index contributed by atoms with van der Waals surface area (Å²) in [5, 5.41) is 3.56. The van der Waals surface area contributed by atoms with Crippen LogP contribution in [0.5, 0.6) is 0 Å². The minimum Gasteiger partial charge on any atom is -0.373 e. The average Bonchev–Trinajstić information content (AvgIpc) is 2.95. The fourth-order valence-electron chi connectivity index (χ4n) is 2.91. The Hall–Kier alpha value is -2.41. The Bertz CT molecular complexity index is 759. The molecule has 6 nitrogen and oxygen atoms in total. The van der Waals surface area contributed by atoms with Crippen LogP contribution in [-0.4, -0.2) is 54.0 Å². The number of morpholine rings is 1. The van der Waals surface area contributed by atoms with Crippen LogP contribution in [0, 0.1) is 5.82 Å². The van der Waals surface area contributed by atoms with Crippen LogP contribution < -0.4 is 5.32 Å². The Kier molecular flexibility index (Phi) is 4.80. The third kappa shape index (κ3) is 3.73. The Morgan fingerprint density at radius 1 is 1.46 bits per heavy atom. The van der Waals surface area contributed by atoms with Gasteiger partial charge in [0.2, 0.25) is 11.8 Å². The molecule has 2 N–H and O–H groups in total. The summed E-state index contributed by atoms with van der Waals surface area (Å²) >= 11 is 0. The van der Waals surface area contributed by atoms with E-state index < -0.39 is 0 Å². The molecule has 2 amide bonds. The Balaban J connectivity index is 1.64. The number of rotatable bonds is 4. The van der Waals surface area contributed by atoms with Crippen LogP contribution >= 0.6 is 0 Å². The van der Waals surface area contributed by atoms with Crippen LogP contribution in [0.25, 0.3) is 10.9 Å². The number of fused-ring (bicyclic) bond motifs is 1. The van der Waals surface area contributed by atoms with Crippen molar-refractivity contribution >= 4 is 22.7 Å². The van der Waals surface area contributed by atoms with Gasteiger partial charge in [0, 0.05) is 43.7 Å². The highest BCUT2D eigenvalue weighted by Gasteiger charge is 2.24. The van der Waals surface area contributed by atoms with Gasteiger partial charge in [-0.2, -0.15) is 0 Å². The smallest absolute Gasteiger partial charge is 0.227 e. The maximum absolute atomic E-state index is 13.2. The molecular formula is C17H20FN3O3. The third-order valence-corrected chi connectivity index (χ3v) is 4.14. The summed E-state index contributed by atoms with van der Waals surface area (Å²) in [6.07, 6.45) is 1.80. The van der Waals surface area contributed by atoms with Crippen molar-refractivity contribution in [3.63, 3.8) is 0 Å². The van der Waals surface area contributed by atoms with Crippen molar-refractivity contribution < 1.29 is 18.7 Å². The standard InChI is InChI=1S/C17H20FN3O3/c1-11(22)19-9-14-10-21(4-5-24-14)17(23)6-12-8-20-16-7-13(18)2-3-15(12)16/h2-3,7-8,14,20H,4-6,9-10H2,1H3,(H,19,22)/t14-/m1/s1. The van der Waals surface area contributed by atoms with Gasteiger partial charge in [0.15, 0.2) is 0 Å². The molecular weight excluding hydrogens is 313 g/mol. The number of amides is 2. The summed E-state index contributed by atoms with van der Waals surface area (Å²) in [7, 11) is 0. The van der Waals surface area contributed by atoms with Gasteiger partial charge in [0.05, 0.1) is 19.1 Å². The second-order valence-corrected chi connectivity index (χ2v) is 5.95. The van der Waals surface area contributed by atoms with Crippen molar-refractivity contribution in [3.8, 4) is 0 Å². The molecule has 1 aromatic carbocycles. The summed E-state index contributed by atoms with van der Waals surface area (Å²) in [4.78, 5) is 28.3. The number of ether oxygens (including phenoxy) is 1. The molecule has 0 saturated carbocycles. The van der Waals surface area contributed by atoms with Crippen LogP contribution in [0.4, 0.5) is 4.39 Å². The molecule has 0 radical (unpaired) electrons. The lowest BCUT2D eigenvalue weighted by molar-refractivity contribution is -0.138. The molecule has 1 atom stereocenters. The lowest BCUT2D eigenvalue weighted by Crippen LogP contribution is -2.49. The number of nitrogens with zero attached hydrogens (tertiary/aromatic N) is 1. The third-order valence-electron chi connectivity index (χ3n) is 4.14. The average molecular weight is 333 g/mol. The van der Waals surface area contributed by atoms with Crippen molar-refractivity contribution in [1.29, 1.82) is 0 Å². The summed E-state index contributed by atoms with van der Waals surface area (Å²) in [6, 6.07) is 4.49. The van der Waals surface area contributed by atoms with Crippen LogP contribution in [-0.2, 0) is 20.7 Å². The number of aromatic nitrogens is 1. The number of carbonyl (C=O) groups excluding carboxylic acids is 2. The molecule has 24 heavy (non-hydrogen) atoms. The first-order valence-electron chi connectivity index (χ1n) is 7.92. The molecule has 128 valence electrons. The quantitative estimate of drug-likeness (QED) is 0.883. The van der Waals surface area contributed by atoms with E-state index in [1.165, 1.54) is 19.1 Å². The first-order valence-corrected chi connectivity index (χ1v) is 7.92. The maximum atomic E-state index is 13.2. The van der Waals surface area contributed by atoms with Crippen molar-refractivity contribution in [2.24, 2.45) is 0 Å². The van der Waals surface area contributed by atoms with Gasteiger partial charge in [-0.1, -0.05) is 0 Å². The molecule has 0 unspecified atom stereocenters. The van der Waals surface area contributed by atoms with E-state index in [2.05, 4.69) is 10.3 Å². The fourth-order valence-corrected chi connectivity index (χ4v) is 2.91. The Morgan fingerprint density at radius 2 is 2.29 bits per heavy atom. The van der Waals surface area contributed by atoms with Gasteiger partial charge >= 0.3 is 0 Å². The molecule has 0 bridgehead atoms. The van der Waals surface area contributed by atoms with Crippen molar-refractivity contribution in [2.45, 2.75) is 19.4 Å². The van der Waals surface area contributed by atoms with Gasteiger partial charge in [-0.05, 0) is 23.8 Å². The van der Waals surface area contributed by atoms with Crippen molar-refractivity contribution in [1.82, 2.24) is 15.2 Å². The van der Waals surface area contributed by atoms with Gasteiger partial charge in [-0.15, -0.1) is 0 Å². The lowest BCUT2D eigenvalue weighted by atomic mass is 10.1. The first kappa shape index (κ1) is 16.4. The normalized spacial score (nSPS) is 17.9. The van der Waals surface area contributed by atoms with E-state index in [4.69, 9.17) is 4.74 Å². The number of benzene rings is 1. The number of nitrogens with one attached hydrogen (secondary N) is 2. The van der Waals surface area contributed by atoms with Gasteiger partial charge in [-0.25, -0.2) is 4.39 Å². The van der Waals surface area contributed by atoms with Crippen LogP contribution in [0.15, 0.2) is 24.4 Å². The van der Waals surface area contributed by atoms with Gasteiger partial charge in [-0.3, -0.25) is 9.59 Å². The number of hydrogen-bond donors (Lipinski definition) is 2. The molecule has 1 aromatic heterocycles. The summed E-state index contributed by atoms with van der Waals surface area (Å²) in [5.41, 5.74) is 1.53. The van der Waals surface area contributed by atoms with Crippen LogP contribution in [0.3, 0.4) is 0 Å². The monoisotopic (exact) mass is 333 g/mol. The van der Waals surface area contributed by atoms with Crippen molar-refractivity contribution in [3.05, 3.63) is 35.8 Å². The maximum Gasteiger partial charge on any atom is 0.227 e. The largest absolute Gasteiger partial charge is 0.373 e. The van der Waals surface area contributed by atoms with Crippen molar-refractivity contribution in [2.75, 3.05) is 26.2 Å². The molecule has 1 fully saturated rings. The predicted molar refractivity (Wildman–Crippen MR) is 87.0 cm³/mol. The number of aromatic amines is 1. The van der Waals surface area contributed by atoms with E-state index in [0.717, 1.165) is 10.9 Å². The zero-order chi connectivity index (χ0) is 17.1. The number of H-pyrrole nitrogens is 1. The van der Waals surface area contributed by atoms with E-state index in [-0.39, 0.29) is 30.2 Å². The summed E-state index contributed by atoms with van der Waals surface area (Å²) in [5.74, 6) is -0.430. The van der Waals surface area contributed by atoms with Gasteiger partial charge in [0.1, 0.15) is 5.82 Å². The Morgan fingerprint density at radius 3 is 3.08 bits per heavy atom. The minimum absolute atomic E-state index is 0.00338.